The van der Waals surface area contributed by atoms with Crippen molar-refractivity contribution >= 4 is 0 Å². The average molecular weight is 217 g/mol. The minimum atomic E-state index is -0.0697. The number of nitrogens with one attached hydrogen (secondary N) is 2. The summed E-state index contributed by atoms with van der Waals surface area (Å²) in [5.41, 5.74) is 2.09. The molecule has 0 unspecified atom stereocenters. The molecule has 0 spiro atoms. The van der Waals surface area contributed by atoms with Crippen LogP contribution in [0.15, 0.2) is 24.3 Å². The van der Waals surface area contributed by atoms with Gasteiger partial charge < -0.3 is 5.32 Å². The number of hydrogen-bond donors (Lipinski definition) is 2. The van der Waals surface area contributed by atoms with Crippen LogP contribution in [0.3, 0.4) is 0 Å². The van der Waals surface area contributed by atoms with Crippen LogP contribution < -0.4 is 5.32 Å². The number of tetrazole rings is 1. The highest BCUT2D eigenvalue weighted by Gasteiger charge is 2.18. The van der Waals surface area contributed by atoms with E-state index in [1.54, 1.807) is 0 Å². The van der Waals surface area contributed by atoms with Crippen LogP contribution in [0.4, 0.5) is 0 Å². The zero-order valence-electron chi connectivity index (χ0n) is 9.65. The summed E-state index contributed by atoms with van der Waals surface area (Å²) in [6.07, 6.45) is 0. The van der Waals surface area contributed by atoms with E-state index in [1.165, 1.54) is 5.56 Å². The molecule has 84 valence electrons. The molecule has 5 heteroatoms. The summed E-state index contributed by atoms with van der Waals surface area (Å²) in [6.45, 7) is 4.25. The Labute approximate surface area is 94.3 Å². The molecule has 0 bridgehead atoms. The topological polar surface area (TPSA) is 66.5 Å². The Bertz CT molecular complexity index is 461. The van der Waals surface area contributed by atoms with E-state index >= 15 is 0 Å². The van der Waals surface area contributed by atoms with Crippen molar-refractivity contribution in [1.29, 1.82) is 0 Å². The fourth-order valence-electron chi connectivity index (χ4n) is 1.48. The van der Waals surface area contributed by atoms with Gasteiger partial charge in [0.25, 0.3) is 0 Å². The third kappa shape index (κ3) is 1.94. The lowest BCUT2D eigenvalue weighted by atomic mass is 9.93. The molecule has 0 aliphatic rings. The average Bonchev–Trinajstić information content (AvgIpc) is 2.83. The number of H-pyrrole nitrogens is 1. The second kappa shape index (κ2) is 4.02. The molecule has 5 nitrogen and oxygen atoms in total. The van der Waals surface area contributed by atoms with Crippen LogP contribution in [0, 0.1) is 0 Å². The first-order valence-corrected chi connectivity index (χ1v) is 5.17. The van der Waals surface area contributed by atoms with Crippen molar-refractivity contribution in [3.63, 3.8) is 0 Å². The lowest BCUT2D eigenvalue weighted by molar-refractivity contribution is 0.445. The first-order valence-electron chi connectivity index (χ1n) is 5.17. The molecule has 0 aliphatic carbocycles. The molecule has 2 aromatic rings. The lowest BCUT2D eigenvalue weighted by Gasteiger charge is -2.24. The van der Waals surface area contributed by atoms with E-state index in [0.717, 1.165) is 5.56 Å². The maximum atomic E-state index is 3.97. The lowest BCUT2D eigenvalue weighted by Crippen LogP contribution is -2.33. The summed E-state index contributed by atoms with van der Waals surface area (Å²) in [6, 6.07) is 8.13. The minimum Gasteiger partial charge on any atom is -0.311 e. The first-order chi connectivity index (χ1) is 7.63. The van der Waals surface area contributed by atoms with E-state index in [0.29, 0.717) is 5.82 Å². The Morgan fingerprint density at radius 1 is 1.31 bits per heavy atom. The molecular formula is C11H15N5. The van der Waals surface area contributed by atoms with E-state index in [4.69, 9.17) is 0 Å². The van der Waals surface area contributed by atoms with Crippen LogP contribution in [-0.2, 0) is 5.54 Å². The molecule has 1 aromatic carbocycles. The molecule has 0 saturated heterocycles. The Morgan fingerprint density at radius 2 is 2.12 bits per heavy atom. The highest BCUT2D eigenvalue weighted by molar-refractivity contribution is 5.55. The summed E-state index contributed by atoms with van der Waals surface area (Å²) < 4.78 is 0. The molecule has 0 radical (unpaired) electrons. The SMILES string of the molecule is CNC(C)(C)c1cccc(-c2nn[nH]n2)c1. The van der Waals surface area contributed by atoms with Crippen LogP contribution in [0.1, 0.15) is 19.4 Å². The first kappa shape index (κ1) is 10.8. The number of hydrogen-bond acceptors (Lipinski definition) is 4. The second-order valence-corrected chi connectivity index (χ2v) is 4.19. The summed E-state index contributed by atoms with van der Waals surface area (Å²) in [5.74, 6) is 0.619. The van der Waals surface area contributed by atoms with Crippen molar-refractivity contribution < 1.29 is 0 Å². The molecule has 16 heavy (non-hydrogen) atoms. The zero-order valence-corrected chi connectivity index (χ0v) is 9.65. The molecule has 2 N–H and O–H groups in total. The van der Waals surface area contributed by atoms with Crippen LogP contribution in [-0.4, -0.2) is 27.7 Å². The maximum absolute atomic E-state index is 3.97. The fourth-order valence-corrected chi connectivity index (χ4v) is 1.48. The third-order valence-electron chi connectivity index (χ3n) is 2.81. The van der Waals surface area contributed by atoms with Crippen LogP contribution in [0.25, 0.3) is 11.4 Å². The van der Waals surface area contributed by atoms with Gasteiger partial charge in [0.15, 0.2) is 0 Å². The molecule has 0 amide bonds. The Balaban J connectivity index is 2.41. The van der Waals surface area contributed by atoms with E-state index in [-0.39, 0.29) is 5.54 Å². The highest BCUT2D eigenvalue weighted by Crippen LogP contribution is 2.23. The molecule has 1 heterocycles. The van der Waals surface area contributed by atoms with Crippen LogP contribution in [0.2, 0.25) is 0 Å². The number of rotatable bonds is 3. The van der Waals surface area contributed by atoms with Crippen molar-refractivity contribution in [2.24, 2.45) is 0 Å². The molecule has 0 fully saturated rings. The smallest absolute Gasteiger partial charge is 0.204 e. The normalized spacial score (nSPS) is 11.7. The van der Waals surface area contributed by atoms with Gasteiger partial charge in [-0.3, -0.25) is 0 Å². The zero-order chi connectivity index (χ0) is 11.6. The van der Waals surface area contributed by atoms with Gasteiger partial charge in [-0.1, -0.05) is 18.2 Å². The number of benzene rings is 1. The monoisotopic (exact) mass is 217 g/mol. The quantitative estimate of drug-likeness (QED) is 0.813. The maximum Gasteiger partial charge on any atom is 0.204 e. The predicted molar refractivity (Wildman–Crippen MR) is 61.7 cm³/mol. The van der Waals surface area contributed by atoms with Crippen molar-refractivity contribution in [3.05, 3.63) is 29.8 Å². The van der Waals surface area contributed by atoms with Crippen molar-refractivity contribution in [1.82, 2.24) is 25.9 Å². The Morgan fingerprint density at radius 3 is 2.75 bits per heavy atom. The van der Waals surface area contributed by atoms with Crippen LogP contribution >= 0.6 is 0 Å². The largest absolute Gasteiger partial charge is 0.311 e. The Hall–Kier alpha value is -1.75. The van der Waals surface area contributed by atoms with Gasteiger partial charge in [-0.15, -0.1) is 10.2 Å². The van der Waals surface area contributed by atoms with Gasteiger partial charge in [-0.05, 0) is 37.7 Å². The number of aromatic nitrogens is 4. The summed E-state index contributed by atoms with van der Waals surface area (Å²) in [4.78, 5) is 0. The highest BCUT2D eigenvalue weighted by atomic mass is 15.5. The van der Waals surface area contributed by atoms with Crippen LogP contribution in [0.5, 0.6) is 0 Å². The fraction of sp³-hybridized carbons (Fsp3) is 0.364. The summed E-state index contributed by atoms with van der Waals surface area (Å²) >= 11 is 0. The third-order valence-corrected chi connectivity index (χ3v) is 2.81. The van der Waals surface area contributed by atoms with Crippen molar-refractivity contribution in [3.8, 4) is 11.4 Å². The van der Waals surface area contributed by atoms with Gasteiger partial charge in [0.05, 0.1) is 0 Å². The molecule has 0 atom stereocenters. The van der Waals surface area contributed by atoms with E-state index < -0.39 is 0 Å². The van der Waals surface area contributed by atoms with Gasteiger partial charge in [0.2, 0.25) is 5.82 Å². The van der Waals surface area contributed by atoms with Crippen molar-refractivity contribution in [2.45, 2.75) is 19.4 Å². The van der Waals surface area contributed by atoms with Gasteiger partial charge >= 0.3 is 0 Å². The number of aromatic amines is 1. The molecule has 2 rings (SSSR count). The van der Waals surface area contributed by atoms with Gasteiger partial charge in [0.1, 0.15) is 0 Å². The standard InChI is InChI=1S/C11H15N5/c1-11(2,12-3)9-6-4-5-8(7-9)10-13-15-16-14-10/h4-7,12H,1-3H3,(H,13,14,15,16). The van der Waals surface area contributed by atoms with Gasteiger partial charge in [-0.2, -0.15) is 5.21 Å². The molecule has 0 aliphatic heterocycles. The molecule has 1 aromatic heterocycles. The van der Waals surface area contributed by atoms with Gasteiger partial charge in [0, 0.05) is 11.1 Å². The molecule has 0 saturated carbocycles. The van der Waals surface area contributed by atoms with E-state index in [1.807, 2.05) is 19.2 Å². The van der Waals surface area contributed by atoms with E-state index in [9.17, 15) is 0 Å². The molecular weight excluding hydrogens is 202 g/mol. The second-order valence-electron chi connectivity index (χ2n) is 4.19. The number of nitrogens with zero attached hydrogens (tertiary/aromatic N) is 3. The van der Waals surface area contributed by atoms with Crippen molar-refractivity contribution in [2.75, 3.05) is 7.05 Å². The Kier molecular flexibility index (Phi) is 2.70. The predicted octanol–water partition coefficient (Wildman–Crippen LogP) is 1.32. The van der Waals surface area contributed by atoms with E-state index in [2.05, 4.69) is 51.9 Å². The van der Waals surface area contributed by atoms with Gasteiger partial charge in [-0.25, -0.2) is 0 Å². The summed E-state index contributed by atoms with van der Waals surface area (Å²) in [7, 11) is 1.95. The summed E-state index contributed by atoms with van der Waals surface area (Å²) in [5, 5.41) is 17.2. The minimum absolute atomic E-state index is 0.0697.